The van der Waals surface area contributed by atoms with Gasteiger partial charge in [0.25, 0.3) is 0 Å². The topological polar surface area (TPSA) is 52.8 Å². The summed E-state index contributed by atoms with van der Waals surface area (Å²) in [6.45, 7) is -2.60. The Balaban J connectivity index is 2.01. The third kappa shape index (κ3) is 3.81. The Morgan fingerprint density at radius 2 is 1.96 bits per heavy atom. The highest BCUT2D eigenvalue weighted by Gasteiger charge is 2.14. The van der Waals surface area contributed by atoms with Gasteiger partial charge in [-0.2, -0.15) is 23.8 Å². The Bertz CT molecular complexity index is 796. The van der Waals surface area contributed by atoms with Crippen LogP contribution in [-0.2, 0) is 6.54 Å². The molecular formula is C15H11ClF2N4O. The van der Waals surface area contributed by atoms with E-state index in [1.54, 1.807) is 42.7 Å². The van der Waals surface area contributed by atoms with Crippen LogP contribution >= 0.6 is 11.6 Å². The Hall–Kier alpha value is -2.54. The van der Waals surface area contributed by atoms with Crippen molar-refractivity contribution in [3.05, 3.63) is 59.5 Å². The summed E-state index contributed by atoms with van der Waals surface area (Å²) < 4.78 is 29.7. The Morgan fingerprint density at radius 3 is 2.65 bits per heavy atom. The highest BCUT2D eigenvalue weighted by atomic mass is 35.5. The summed E-state index contributed by atoms with van der Waals surface area (Å²) in [6, 6.07) is 8.54. The van der Waals surface area contributed by atoms with Crippen molar-refractivity contribution >= 4 is 11.6 Å². The molecule has 118 valence electrons. The predicted octanol–water partition coefficient (Wildman–Crippen LogP) is 3.64. The lowest BCUT2D eigenvalue weighted by Crippen LogP contribution is -2.08. The number of ether oxygens (including phenoxy) is 1. The van der Waals surface area contributed by atoms with Crippen LogP contribution in [0.3, 0.4) is 0 Å². The van der Waals surface area contributed by atoms with E-state index in [0.29, 0.717) is 22.7 Å². The summed E-state index contributed by atoms with van der Waals surface area (Å²) in [7, 11) is 0. The zero-order chi connectivity index (χ0) is 16.2. The van der Waals surface area contributed by atoms with Crippen LogP contribution in [0.25, 0.3) is 11.1 Å². The third-order valence-electron chi connectivity index (χ3n) is 3.03. The van der Waals surface area contributed by atoms with Crippen molar-refractivity contribution in [3.8, 4) is 17.0 Å². The SMILES string of the molecule is FC(F)Oc1ncc(Cn2nccn2)cc1-c1cccc(Cl)c1. The molecule has 0 saturated heterocycles. The third-order valence-corrected chi connectivity index (χ3v) is 3.27. The van der Waals surface area contributed by atoms with Gasteiger partial charge in [0.15, 0.2) is 0 Å². The van der Waals surface area contributed by atoms with Crippen LogP contribution in [0.2, 0.25) is 5.02 Å². The first-order valence-electron chi connectivity index (χ1n) is 6.65. The van der Waals surface area contributed by atoms with Gasteiger partial charge in [-0.25, -0.2) is 4.98 Å². The molecule has 5 nitrogen and oxygen atoms in total. The van der Waals surface area contributed by atoms with Gasteiger partial charge in [0.1, 0.15) is 0 Å². The number of aromatic nitrogens is 4. The first-order valence-corrected chi connectivity index (χ1v) is 7.03. The van der Waals surface area contributed by atoms with Crippen molar-refractivity contribution in [2.24, 2.45) is 0 Å². The molecule has 0 amide bonds. The first kappa shape index (κ1) is 15.4. The van der Waals surface area contributed by atoms with Crippen LogP contribution in [0.15, 0.2) is 48.9 Å². The van der Waals surface area contributed by atoms with E-state index in [2.05, 4.69) is 19.9 Å². The van der Waals surface area contributed by atoms with E-state index in [4.69, 9.17) is 11.6 Å². The van der Waals surface area contributed by atoms with E-state index in [1.807, 2.05) is 0 Å². The molecule has 0 aliphatic rings. The Morgan fingerprint density at radius 1 is 1.17 bits per heavy atom. The maximum absolute atomic E-state index is 12.6. The normalized spacial score (nSPS) is 11.0. The molecule has 3 rings (SSSR count). The summed E-state index contributed by atoms with van der Waals surface area (Å²) >= 11 is 5.97. The summed E-state index contributed by atoms with van der Waals surface area (Å²) in [5, 5.41) is 8.50. The number of halogens is 3. The van der Waals surface area contributed by atoms with Crippen molar-refractivity contribution in [1.29, 1.82) is 0 Å². The number of pyridine rings is 1. The van der Waals surface area contributed by atoms with Crippen LogP contribution in [0.5, 0.6) is 5.88 Å². The molecule has 0 aliphatic heterocycles. The number of hydrogen-bond acceptors (Lipinski definition) is 4. The standard InChI is InChI=1S/C15H11ClF2N4O/c16-12-3-1-2-11(7-12)13-6-10(9-22-20-4-5-21-22)8-19-14(13)23-15(17)18/h1-8,15H,9H2. The second kappa shape index (κ2) is 6.70. The highest BCUT2D eigenvalue weighted by molar-refractivity contribution is 6.30. The first-order chi connectivity index (χ1) is 11.1. The summed E-state index contributed by atoms with van der Waals surface area (Å²) in [5.74, 6) is -0.153. The molecular weight excluding hydrogens is 326 g/mol. The molecule has 23 heavy (non-hydrogen) atoms. The van der Waals surface area contributed by atoms with Crippen molar-refractivity contribution in [3.63, 3.8) is 0 Å². The van der Waals surface area contributed by atoms with Crippen LogP contribution in [0.4, 0.5) is 8.78 Å². The average Bonchev–Trinajstić information content (AvgIpc) is 3.01. The van der Waals surface area contributed by atoms with E-state index in [9.17, 15) is 8.78 Å². The van der Waals surface area contributed by atoms with E-state index in [0.717, 1.165) is 5.56 Å². The molecule has 0 radical (unpaired) electrons. The molecule has 0 aliphatic carbocycles. The fraction of sp³-hybridized carbons (Fsp3) is 0.133. The maximum atomic E-state index is 12.6. The molecule has 0 N–H and O–H groups in total. The smallest absolute Gasteiger partial charge is 0.388 e. The predicted molar refractivity (Wildman–Crippen MR) is 80.4 cm³/mol. The zero-order valence-corrected chi connectivity index (χ0v) is 12.5. The molecule has 0 bridgehead atoms. The number of hydrogen-bond donors (Lipinski definition) is 0. The van der Waals surface area contributed by atoms with Crippen molar-refractivity contribution in [2.45, 2.75) is 13.2 Å². The van der Waals surface area contributed by atoms with E-state index in [1.165, 1.54) is 11.0 Å². The van der Waals surface area contributed by atoms with E-state index < -0.39 is 6.61 Å². The van der Waals surface area contributed by atoms with Crippen LogP contribution in [0.1, 0.15) is 5.56 Å². The van der Waals surface area contributed by atoms with Crippen molar-refractivity contribution in [1.82, 2.24) is 20.0 Å². The van der Waals surface area contributed by atoms with Gasteiger partial charge in [-0.1, -0.05) is 23.7 Å². The fourth-order valence-electron chi connectivity index (χ4n) is 2.11. The van der Waals surface area contributed by atoms with E-state index >= 15 is 0 Å². The maximum Gasteiger partial charge on any atom is 0.388 e. The number of nitrogens with zero attached hydrogens (tertiary/aromatic N) is 4. The van der Waals surface area contributed by atoms with Gasteiger partial charge in [0, 0.05) is 16.8 Å². The van der Waals surface area contributed by atoms with Crippen LogP contribution in [0, 0.1) is 0 Å². The van der Waals surface area contributed by atoms with E-state index in [-0.39, 0.29) is 5.88 Å². The Labute approximate surface area is 135 Å². The molecule has 8 heteroatoms. The van der Waals surface area contributed by atoms with Gasteiger partial charge in [-0.05, 0) is 29.3 Å². The number of alkyl halides is 2. The second-order valence-corrected chi connectivity index (χ2v) is 5.08. The number of benzene rings is 1. The lowest BCUT2D eigenvalue weighted by atomic mass is 10.1. The molecule has 2 aromatic heterocycles. The molecule has 3 aromatic rings. The zero-order valence-electron chi connectivity index (χ0n) is 11.7. The van der Waals surface area contributed by atoms with Gasteiger partial charge in [-0.3, -0.25) is 0 Å². The van der Waals surface area contributed by atoms with Crippen LogP contribution < -0.4 is 4.74 Å². The molecule has 0 spiro atoms. The highest BCUT2D eigenvalue weighted by Crippen LogP contribution is 2.31. The summed E-state index contributed by atoms with van der Waals surface area (Å²) in [6.07, 6.45) is 4.56. The lowest BCUT2D eigenvalue weighted by molar-refractivity contribution is -0.0524. The van der Waals surface area contributed by atoms with Crippen LogP contribution in [-0.4, -0.2) is 26.6 Å². The summed E-state index contributed by atoms with van der Waals surface area (Å²) in [4.78, 5) is 5.46. The average molecular weight is 337 g/mol. The molecule has 0 fully saturated rings. The number of rotatable bonds is 5. The van der Waals surface area contributed by atoms with Gasteiger partial charge in [0.2, 0.25) is 5.88 Å². The Kier molecular flexibility index (Phi) is 4.47. The molecule has 2 heterocycles. The second-order valence-electron chi connectivity index (χ2n) is 4.64. The minimum atomic E-state index is -2.96. The van der Waals surface area contributed by atoms with Gasteiger partial charge < -0.3 is 4.74 Å². The lowest BCUT2D eigenvalue weighted by Gasteiger charge is -2.12. The quantitative estimate of drug-likeness (QED) is 0.713. The summed E-state index contributed by atoms with van der Waals surface area (Å²) in [5.41, 5.74) is 1.81. The van der Waals surface area contributed by atoms with Crippen molar-refractivity contribution < 1.29 is 13.5 Å². The monoisotopic (exact) mass is 336 g/mol. The van der Waals surface area contributed by atoms with Gasteiger partial charge >= 0.3 is 6.61 Å². The van der Waals surface area contributed by atoms with Gasteiger partial charge in [-0.15, -0.1) is 0 Å². The molecule has 0 saturated carbocycles. The largest absolute Gasteiger partial charge is 0.416 e. The fourth-order valence-corrected chi connectivity index (χ4v) is 2.30. The molecule has 0 atom stereocenters. The van der Waals surface area contributed by atoms with Gasteiger partial charge in [0.05, 0.1) is 18.9 Å². The minimum absolute atomic E-state index is 0.153. The molecule has 1 aromatic carbocycles. The van der Waals surface area contributed by atoms with Crippen molar-refractivity contribution in [2.75, 3.05) is 0 Å². The molecule has 0 unspecified atom stereocenters. The minimum Gasteiger partial charge on any atom is -0.416 e.